The molecule has 0 saturated heterocycles. The van der Waals surface area contributed by atoms with Crippen molar-refractivity contribution in [3.63, 3.8) is 0 Å². The second kappa shape index (κ2) is 7.94. The molecule has 0 aliphatic rings. The summed E-state index contributed by atoms with van der Waals surface area (Å²) in [4.78, 5) is 20.6. The number of aromatic nitrogens is 5. The fourth-order valence-corrected chi connectivity index (χ4v) is 2.81. The van der Waals surface area contributed by atoms with E-state index >= 15 is 0 Å². The highest BCUT2D eigenvalue weighted by atomic mass is 16.5. The van der Waals surface area contributed by atoms with E-state index in [1.807, 2.05) is 6.92 Å². The Morgan fingerprint density at radius 3 is 2.63 bits per heavy atom. The molecule has 0 fully saturated rings. The lowest BCUT2D eigenvalue weighted by Gasteiger charge is -2.13. The number of carbonyl (C=O) groups excluding carboxylic acids is 1. The van der Waals surface area contributed by atoms with E-state index in [1.54, 1.807) is 43.6 Å². The highest BCUT2D eigenvalue weighted by Gasteiger charge is 2.14. The number of rotatable bonds is 6. The minimum Gasteiger partial charge on any atom is -0.462 e. The number of carbonyl (C=O) groups is 1. The number of hydrogen-bond acceptors (Lipinski definition) is 7. The largest absolute Gasteiger partial charge is 0.462 e. The normalized spacial score (nSPS) is 10.9. The zero-order valence-electron chi connectivity index (χ0n) is 15.8. The van der Waals surface area contributed by atoms with Crippen molar-refractivity contribution in [2.45, 2.75) is 33.7 Å². The smallest absolute Gasteiger partial charge is 0.338 e. The van der Waals surface area contributed by atoms with Crippen LogP contribution in [0.1, 0.15) is 43.0 Å². The van der Waals surface area contributed by atoms with Crippen LogP contribution in [0.2, 0.25) is 0 Å². The van der Waals surface area contributed by atoms with Crippen molar-refractivity contribution in [3.05, 3.63) is 48.0 Å². The van der Waals surface area contributed by atoms with Crippen molar-refractivity contribution in [2.75, 3.05) is 11.9 Å². The van der Waals surface area contributed by atoms with Crippen LogP contribution >= 0.6 is 0 Å². The minimum absolute atomic E-state index is 0.254. The van der Waals surface area contributed by atoms with Gasteiger partial charge in [-0.25, -0.2) is 14.8 Å². The van der Waals surface area contributed by atoms with Crippen LogP contribution in [0.4, 0.5) is 11.6 Å². The van der Waals surface area contributed by atoms with Crippen molar-refractivity contribution in [1.29, 1.82) is 0 Å². The van der Waals surface area contributed by atoms with E-state index in [4.69, 9.17) is 4.74 Å². The summed E-state index contributed by atoms with van der Waals surface area (Å²) in [6.07, 6.45) is 3.40. The third-order valence-electron chi connectivity index (χ3n) is 3.97. The first-order valence-corrected chi connectivity index (χ1v) is 8.77. The number of ether oxygens (including phenoxy) is 1. The second-order valence-electron chi connectivity index (χ2n) is 6.24. The van der Waals surface area contributed by atoms with Gasteiger partial charge in [0.1, 0.15) is 11.5 Å². The van der Waals surface area contributed by atoms with Crippen molar-refractivity contribution < 1.29 is 9.53 Å². The lowest BCUT2D eigenvalue weighted by molar-refractivity contribution is 0.0526. The molecule has 0 unspecified atom stereocenters. The number of imidazole rings is 1. The van der Waals surface area contributed by atoms with Gasteiger partial charge in [0, 0.05) is 11.7 Å². The maximum atomic E-state index is 11.7. The molecule has 0 atom stereocenters. The van der Waals surface area contributed by atoms with E-state index in [2.05, 4.69) is 43.9 Å². The molecular formula is C19H22N6O2. The maximum absolute atomic E-state index is 11.7. The molecule has 8 heteroatoms. The highest BCUT2D eigenvalue weighted by molar-refractivity contribution is 5.89. The predicted octanol–water partition coefficient (Wildman–Crippen LogP) is 3.54. The minimum atomic E-state index is -0.346. The standard InChI is InChI=1S/C19H22N6O2/c1-5-27-18(26)14-6-8-15(9-7-14)22-19-23-16(10-21-24-19)17-11-20-13(4)25(17)12(2)3/h6-12H,5H2,1-4H3,(H,22,23,24). The van der Waals surface area contributed by atoms with Crippen molar-refractivity contribution in [3.8, 4) is 11.4 Å². The zero-order valence-corrected chi connectivity index (χ0v) is 15.8. The molecule has 0 amide bonds. The summed E-state index contributed by atoms with van der Waals surface area (Å²) in [5.74, 6) is 0.939. The first-order chi connectivity index (χ1) is 13.0. The molecule has 140 valence electrons. The topological polar surface area (TPSA) is 94.8 Å². The van der Waals surface area contributed by atoms with Crippen LogP contribution in [-0.2, 0) is 4.74 Å². The summed E-state index contributed by atoms with van der Waals surface area (Å²) in [6.45, 7) is 8.27. The molecule has 27 heavy (non-hydrogen) atoms. The van der Waals surface area contributed by atoms with Crippen LogP contribution in [-0.4, -0.2) is 37.3 Å². The Labute approximate surface area is 157 Å². The average molecular weight is 366 g/mol. The van der Waals surface area contributed by atoms with Crippen molar-refractivity contribution >= 4 is 17.6 Å². The zero-order chi connectivity index (χ0) is 19.4. The maximum Gasteiger partial charge on any atom is 0.338 e. The number of nitrogens with zero attached hydrogens (tertiary/aromatic N) is 5. The number of esters is 1. The molecule has 3 rings (SSSR count). The van der Waals surface area contributed by atoms with Crippen LogP contribution < -0.4 is 5.32 Å². The van der Waals surface area contributed by atoms with E-state index in [-0.39, 0.29) is 12.0 Å². The highest BCUT2D eigenvalue weighted by Crippen LogP contribution is 2.23. The summed E-state index contributed by atoms with van der Waals surface area (Å²) >= 11 is 0. The molecule has 0 spiro atoms. The first kappa shape index (κ1) is 18.5. The van der Waals surface area contributed by atoms with Gasteiger partial charge in [-0.3, -0.25) is 0 Å². The monoisotopic (exact) mass is 366 g/mol. The van der Waals surface area contributed by atoms with Gasteiger partial charge in [0.15, 0.2) is 0 Å². The third-order valence-corrected chi connectivity index (χ3v) is 3.97. The van der Waals surface area contributed by atoms with Crippen LogP contribution in [0.15, 0.2) is 36.7 Å². The molecule has 8 nitrogen and oxygen atoms in total. The Balaban J connectivity index is 1.82. The Morgan fingerprint density at radius 1 is 1.22 bits per heavy atom. The van der Waals surface area contributed by atoms with E-state index < -0.39 is 0 Å². The van der Waals surface area contributed by atoms with Gasteiger partial charge in [-0.1, -0.05) is 0 Å². The quantitative estimate of drug-likeness (QED) is 0.667. The fourth-order valence-electron chi connectivity index (χ4n) is 2.81. The molecular weight excluding hydrogens is 344 g/mol. The van der Waals surface area contributed by atoms with Gasteiger partial charge in [0.05, 0.1) is 30.3 Å². The number of anilines is 2. The Morgan fingerprint density at radius 2 is 1.96 bits per heavy atom. The first-order valence-electron chi connectivity index (χ1n) is 8.77. The molecule has 0 saturated carbocycles. The van der Waals surface area contributed by atoms with Gasteiger partial charge < -0.3 is 14.6 Å². The number of hydrogen-bond donors (Lipinski definition) is 1. The summed E-state index contributed by atoms with van der Waals surface area (Å²) in [5.41, 5.74) is 2.81. The predicted molar refractivity (Wildman–Crippen MR) is 102 cm³/mol. The molecule has 2 aromatic heterocycles. The molecule has 0 bridgehead atoms. The van der Waals surface area contributed by atoms with Crippen LogP contribution in [0.5, 0.6) is 0 Å². The summed E-state index contributed by atoms with van der Waals surface area (Å²) in [5, 5.41) is 11.2. The lowest BCUT2D eigenvalue weighted by Crippen LogP contribution is -2.07. The molecule has 0 radical (unpaired) electrons. The van der Waals surface area contributed by atoms with E-state index in [1.165, 1.54) is 0 Å². The van der Waals surface area contributed by atoms with E-state index in [0.29, 0.717) is 23.8 Å². The molecule has 3 aromatic rings. The Kier molecular flexibility index (Phi) is 5.44. The second-order valence-corrected chi connectivity index (χ2v) is 6.24. The molecule has 0 aliphatic heterocycles. The summed E-state index contributed by atoms with van der Waals surface area (Å²) in [6, 6.07) is 7.17. The summed E-state index contributed by atoms with van der Waals surface area (Å²) < 4.78 is 7.08. The average Bonchev–Trinajstić information content (AvgIpc) is 3.04. The molecule has 0 aliphatic carbocycles. The third kappa shape index (κ3) is 4.11. The number of benzene rings is 1. The number of aryl methyl sites for hydroxylation is 1. The molecule has 2 heterocycles. The molecule has 1 aromatic carbocycles. The van der Waals surface area contributed by atoms with Gasteiger partial charge in [0.25, 0.3) is 0 Å². The van der Waals surface area contributed by atoms with Gasteiger partial charge in [-0.05, 0) is 52.0 Å². The van der Waals surface area contributed by atoms with Gasteiger partial charge in [-0.2, -0.15) is 5.10 Å². The summed E-state index contributed by atoms with van der Waals surface area (Å²) in [7, 11) is 0. The van der Waals surface area contributed by atoms with Crippen LogP contribution in [0.25, 0.3) is 11.4 Å². The SMILES string of the molecule is CCOC(=O)c1ccc(Nc2nncc(-c3cnc(C)n3C(C)C)n2)cc1. The van der Waals surface area contributed by atoms with E-state index in [9.17, 15) is 4.79 Å². The van der Waals surface area contributed by atoms with Gasteiger partial charge in [0.2, 0.25) is 5.95 Å². The van der Waals surface area contributed by atoms with Crippen molar-refractivity contribution in [2.24, 2.45) is 0 Å². The Hall–Kier alpha value is -3.29. The number of nitrogens with one attached hydrogen (secondary N) is 1. The van der Waals surface area contributed by atoms with E-state index in [0.717, 1.165) is 17.2 Å². The van der Waals surface area contributed by atoms with Crippen LogP contribution in [0, 0.1) is 6.92 Å². The lowest BCUT2D eigenvalue weighted by atomic mass is 10.2. The van der Waals surface area contributed by atoms with Crippen molar-refractivity contribution in [1.82, 2.24) is 24.7 Å². The van der Waals surface area contributed by atoms with Crippen LogP contribution in [0.3, 0.4) is 0 Å². The fraction of sp³-hybridized carbons (Fsp3) is 0.316. The van der Waals surface area contributed by atoms with Gasteiger partial charge >= 0.3 is 5.97 Å². The Bertz CT molecular complexity index is 934. The van der Waals surface area contributed by atoms with Gasteiger partial charge in [-0.15, -0.1) is 5.10 Å². The molecule has 1 N–H and O–H groups in total.